The van der Waals surface area contributed by atoms with Gasteiger partial charge in [0, 0.05) is 25.8 Å². The highest BCUT2D eigenvalue weighted by Gasteiger charge is 2.15. The SMILES string of the molecule is COCCCn1c(-c2ccccc2)nc2nc3ccccc3nc21. The Labute approximate surface area is 140 Å². The number of ether oxygens (including phenoxy) is 1. The van der Waals surface area contributed by atoms with Gasteiger partial charge in [-0.2, -0.15) is 0 Å². The summed E-state index contributed by atoms with van der Waals surface area (Å²) in [7, 11) is 1.72. The molecule has 0 saturated heterocycles. The maximum atomic E-state index is 5.20. The van der Waals surface area contributed by atoms with Gasteiger partial charge >= 0.3 is 0 Å². The highest BCUT2D eigenvalue weighted by atomic mass is 16.5. The molecule has 4 aromatic rings. The first kappa shape index (κ1) is 14.8. The van der Waals surface area contributed by atoms with Crippen LogP contribution in [0.4, 0.5) is 0 Å². The van der Waals surface area contributed by atoms with Gasteiger partial charge in [-0.1, -0.05) is 42.5 Å². The Hall–Kier alpha value is -2.79. The zero-order valence-electron chi connectivity index (χ0n) is 13.5. The van der Waals surface area contributed by atoms with Gasteiger partial charge in [-0.3, -0.25) is 0 Å². The fraction of sp³-hybridized carbons (Fsp3) is 0.211. The lowest BCUT2D eigenvalue weighted by atomic mass is 10.2. The number of aromatic nitrogens is 4. The van der Waals surface area contributed by atoms with Crippen molar-refractivity contribution in [3.8, 4) is 11.4 Å². The van der Waals surface area contributed by atoms with E-state index in [2.05, 4.69) is 21.7 Å². The van der Waals surface area contributed by atoms with Gasteiger partial charge in [0.1, 0.15) is 5.82 Å². The summed E-state index contributed by atoms with van der Waals surface area (Å²) in [6.45, 7) is 1.50. The number of nitrogens with zero attached hydrogens (tertiary/aromatic N) is 4. The largest absolute Gasteiger partial charge is 0.385 e. The number of aryl methyl sites for hydroxylation is 1. The molecule has 5 nitrogen and oxygen atoms in total. The molecule has 0 unspecified atom stereocenters. The first-order valence-electron chi connectivity index (χ1n) is 8.04. The second-order valence-corrected chi connectivity index (χ2v) is 5.66. The molecule has 0 fully saturated rings. The molecule has 4 rings (SSSR count). The van der Waals surface area contributed by atoms with Gasteiger partial charge in [0.15, 0.2) is 11.3 Å². The highest BCUT2D eigenvalue weighted by molar-refractivity contribution is 5.84. The maximum Gasteiger partial charge on any atom is 0.198 e. The molecule has 120 valence electrons. The van der Waals surface area contributed by atoms with Crippen LogP contribution in [0.3, 0.4) is 0 Å². The zero-order valence-corrected chi connectivity index (χ0v) is 13.5. The summed E-state index contributed by atoms with van der Waals surface area (Å²) in [4.78, 5) is 14.2. The Morgan fingerprint density at radius 2 is 1.58 bits per heavy atom. The third kappa shape index (κ3) is 2.63. The van der Waals surface area contributed by atoms with Crippen LogP contribution in [0.1, 0.15) is 6.42 Å². The molecule has 2 aromatic carbocycles. The van der Waals surface area contributed by atoms with Gasteiger partial charge in [0.25, 0.3) is 0 Å². The second-order valence-electron chi connectivity index (χ2n) is 5.66. The highest BCUT2D eigenvalue weighted by Crippen LogP contribution is 2.24. The van der Waals surface area contributed by atoms with Crippen LogP contribution in [0.25, 0.3) is 33.7 Å². The predicted octanol–water partition coefficient (Wildman–Crippen LogP) is 3.68. The van der Waals surface area contributed by atoms with Crippen molar-refractivity contribution in [2.45, 2.75) is 13.0 Å². The summed E-state index contributed by atoms with van der Waals surface area (Å²) in [5.41, 5.74) is 4.33. The molecule has 0 aliphatic heterocycles. The van der Waals surface area contributed by atoms with Crippen LogP contribution >= 0.6 is 0 Å². The average molecular weight is 318 g/mol. The van der Waals surface area contributed by atoms with E-state index in [1.165, 1.54) is 0 Å². The quantitative estimate of drug-likeness (QED) is 0.527. The summed E-state index contributed by atoms with van der Waals surface area (Å²) in [6.07, 6.45) is 0.899. The Balaban J connectivity index is 1.92. The monoisotopic (exact) mass is 318 g/mol. The van der Waals surface area contributed by atoms with Crippen LogP contribution in [-0.2, 0) is 11.3 Å². The molecule has 2 heterocycles. The van der Waals surface area contributed by atoms with Crippen LogP contribution < -0.4 is 0 Å². The Morgan fingerprint density at radius 3 is 2.33 bits per heavy atom. The molecule has 0 aliphatic rings. The number of methoxy groups -OCH3 is 1. The van der Waals surface area contributed by atoms with E-state index in [1.807, 2.05) is 42.5 Å². The van der Waals surface area contributed by atoms with Crippen molar-refractivity contribution >= 4 is 22.3 Å². The van der Waals surface area contributed by atoms with Crippen molar-refractivity contribution in [1.82, 2.24) is 19.5 Å². The number of para-hydroxylation sites is 2. The van der Waals surface area contributed by atoms with E-state index in [4.69, 9.17) is 14.7 Å². The van der Waals surface area contributed by atoms with E-state index in [0.29, 0.717) is 12.3 Å². The van der Waals surface area contributed by atoms with Crippen LogP contribution in [0.2, 0.25) is 0 Å². The molecule has 24 heavy (non-hydrogen) atoms. The van der Waals surface area contributed by atoms with Gasteiger partial charge in [0.2, 0.25) is 0 Å². The number of imidazole rings is 1. The van der Waals surface area contributed by atoms with Crippen LogP contribution in [-0.4, -0.2) is 33.2 Å². The summed E-state index contributed by atoms with van der Waals surface area (Å²) in [5, 5.41) is 0. The molecule has 2 aromatic heterocycles. The predicted molar refractivity (Wildman–Crippen MR) is 94.8 cm³/mol. The van der Waals surface area contributed by atoms with Gasteiger partial charge < -0.3 is 9.30 Å². The fourth-order valence-electron chi connectivity index (χ4n) is 2.88. The van der Waals surface area contributed by atoms with E-state index in [-0.39, 0.29) is 0 Å². The van der Waals surface area contributed by atoms with Crippen LogP contribution in [0.15, 0.2) is 54.6 Å². The Morgan fingerprint density at radius 1 is 0.875 bits per heavy atom. The average Bonchev–Trinajstić information content (AvgIpc) is 2.98. The minimum atomic E-state index is 0.685. The second kappa shape index (κ2) is 6.37. The molecule has 0 atom stereocenters. The lowest BCUT2D eigenvalue weighted by Gasteiger charge is -2.08. The first-order chi connectivity index (χ1) is 11.9. The van der Waals surface area contributed by atoms with Crippen molar-refractivity contribution in [3.63, 3.8) is 0 Å². The van der Waals surface area contributed by atoms with Crippen LogP contribution in [0, 0.1) is 0 Å². The van der Waals surface area contributed by atoms with E-state index in [1.54, 1.807) is 7.11 Å². The van der Waals surface area contributed by atoms with Gasteiger partial charge in [-0.05, 0) is 18.6 Å². The van der Waals surface area contributed by atoms with E-state index in [0.717, 1.165) is 41.0 Å². The number of fused-ring (bicyclic) bond motifs is 2. The molecule has 0 saturated carbocycles. The molecular formula is C19H18N4O. The van der Waals surface area contributed by atoms with E-state index < -0.39 is 0 Å². The molecule has 0 aliphatic carbocycles. The van der Waals surface area contributed by atoms with Gasteiger partial charge in [-0.15, -0.1) is 0 Å². The minimum absolute atomic E-state index is 0.685. The van der Waals surface area contributed by atoms with Crippen molar-refractivity contribution < 1.29 is 4.74 Å². The number of hydrogen-bond acceptors (Lipinski definition) is 4. The third-order valence-electron chi connectivity index (χ3n) is 4.02. The zero-order chi connectivity index (χ0) is 16.4. The van der Waals surface area contributed by atoms with Crippen molar-refractivity contribution in [3.05, 3.63) is 54.6 Å². The standard InChI is InChI=1S/C19H18N4O/c1-24-13-7-12-23-18(14-8-3-2-4-9-14)22-17-19(23)21-16-11-6-5-10-15(16)20-17/h2-6,8-11H,7,12-13H2,1H3. The summed E-state index contributed by atoms with van der Waals surface area (Å²) >= 11 is 0. The van der Waals surface area contributed by atoms with Crippen molar-refractivity contribution in [2.75, 3.05) is 13.7 Å². The number of hydrogen-bond donors (Lipinski definition) is 0. The first-order valence-corrected chi connectivity index (χ1v) is 8.04. The Kier molecular flexibility index (Phi) is 3.92. The van der Waals surface area contributed by atoms with Crippen molar-refractivity contribution in [2.24, 2.45) is 0 Å². The minimum Gasteiger partial charge on any atom is -0.385 e. The number of rotatable bonds is 5. The van der Waals surface area contributed by atoms with E-state index in [9.17, 15) is 0 Å². The number of benzene rings is 2. The molecule has 0 spiro atoms. The van der Waals surface area contributed by atoms with Crippen molar-refractivity contribution in [1.29, 1.82) is 0 Å². The molecule has 0 N–H and O–H groups in total. The molecule has 0 bridgehead atoms. The molecule has 0 amide bonds. The lowest BCUT2D eigenvalue weighted by Crippen LogP contribution is -2.04. The maximum absolute atomic E-state index is 5.20. The van der Waals surface area contributed by atoms with Crippen LogP contribution in [0.5, 0.6) is 0 Å². The summed E-state index contributed by atoms with van der Waals surface area (Å²) < 4.78 is 7.34. The Bertz CT molecular complexity index is 979. The third-order valence-corrected chi connectivity index (χ3v) is 4.02. The smallest absolute Gasteiger partial charge is 0.198 e. The lowest BCUT2D eigenvalue weighted by molar-refractivity contribution is 0.191. The van der Waals surface area contributed by atoms with Gasteiger partial charge in [0.05, 0.1) is 11.0 Å². The van der Waals surface area contributed by atoms with E-state index >= 15 is 0 Å². The molecular weight excluding hydrogens is 300 g/mol. The fourth-order valence-corrected chi connectivity index (χ4v) is 2.88. The molecule has 0 radical (unpaired) electrons. The summed E-state index contributed by atoms with van der Waals surface area (Å²) in [6, 6.07) is 18.1. The topological polar surface area (TPSA) is 52.8 Å². The molecule has 5 heteroatoms. The summed E-state index contributed by atoms with van der Waals surface area (Å²) in [5.74, 6) is 0.900. The normalized spacial score (nSPS) is 11.4. The van der Waals surface area contributed by atoms with Gasteiger partial charge in [-0.25, -0.2) is 15.0 Å².